The molecule has 0 aliphatic heterocycles. The lowest BCUT2D eigenvalue weighted by atomic mass is 10.0. The maximum absolute atomic E-state index is 12.6. The zero-order valence-corrected chi connectivity index (χ0v) is 16.2. The summed E-state index contributed by atoms with van der Waals surface area (Å²) in [6.45, 7) is 6.97. The van der Waals surface area contributed by atoms with Gasteiger partial charge in [-0.05, 0) is 45.4 Å². The van der Waals surface area contributed by atoms with E-state index in [1.165, 1.54) is 12.1 Å². The Labute approximate surface area is 155 Å². The normalized spacial score (nSPS) is 12.3. The summed E-state index contributed by atoms with van der Waals surface area (Å²) in [4.78, 5) is 5.50. The highest BCUT2D eigenvalue weighted by Gasteiger charge is 2.26. The summed E-state index contributed by atoms with van der Waals surface area (Å²) in [7, 11) is 0. The van der Waals surface area contributed by atoms with Crippen molar-refractivity contribution < 1.29 is 19.8 Å². The van der Waals surface area contributed by atoms with Crippen LogP contribution in [-0.4, -0.2) is 21.5 Å². The highest BCUT2D eigenvalue weighted by Crippen LogP contribution is 2.24. The SMILES string of the molecule is Cc1ccc(/C(=N/OC(C)(C)C)c2c(O)ccc(CO)[n+]2[O-])cc1Br. The van der Waals surface area contributed by atoms with Gasteiger partial charge in [-0.3, -0.25) is 0 Å². The predicted molar refractivity (Wildman–Crippen MR) is 98.3 cm³/mol. The van der Waals surface area contributed by atoms with Crippen molar-refractivity contribution in [3.63, 3.8) is 0 Å². The second-order valence-electron chi connectivity index (χ2n) is 6.62. The Balaban J connectivity index is 2.70. The summed E-state index contributed by atoms with van der Waals surface area (Å²) in [5.41, 5.74) is 1.23. The lowest BCUT2D eigenvalue weighted by Crippen LogP contribution is -2.39. The van der Waals surface area contributed by atoms with Crippen LogP contribution in [0.1, 0.15) is 43.3 Å². The van der Waals surface area contributed by atoms with Gasteiger partial charge in [0.2, 0.25) is 5.69 Å². The van der Waals surface area contributed by atoms with Gasteiger partial charge in [0.15, 0.2) is 11.5 Å². The second kappa shape index (κ2) is 7.41. The molecule has 1 aromatic carbocycles. The smallest absolute Gasteiger partial charge is 0.288 e. The summed E-state index contributed by atoms with van der Waals surface area (Å²) < 4.78 is 1.30. The van der Waals surface area contributed by atoms with Gasteiger partial charge in [-0.15, -0.1) is 0 Å². The molecule has 134 valence electrons. The highest BCUT2D eigenvalue weighted by atomic mass is 79.9. The third-order valence-electron chi connectivity index (χ3n) is 3.38. The van der Waals surface area contributed by atoms with Crippen molar-refractivity contribution in [2.45, 2.75) is 39.9 Å². The van der Waals surface area contributed by atoms with Gasteiger partial charge >= 0.3 is 0 Å². The van der Waals surface area contributed by atoms with E-state index in [1.54, 1.807) is 12.1 Å². The molecule has 0 aliphatic rings. The molecule has 25 heavy (non-hydrogen) atoms. The summed E-state index contributed by atoms with van der Waals surface area (Å²) in [5.74, 6) is -0.250. The molecular weight excluding hydrogens is 388 g/mol. The number of aliphatic hydroxyl groups excluding tert-OH is 1. The molecule has 0 amide bonds. The fourth-order valence-corrected chi connectivity index (χ4v) is 2.44. The quantitative estimate of drug-likeness (QED) is 0.352. The van der Waals surface area contributed by atoms with Gasteiger partial charge in [0.05, 0.1) is 0 Å². The largest absolute Gasteiger partial charge is 0.618 e. The van der Waals surface area contributed by atoms with E-state index in [-0.39, 0.29) is 22.8 Å². The molecule has 1 heterocycles. The number of aromatic hydroxyl groups is 1. The van der Waals surface area contributed by atoms with Gasteiger partial charge in [0.1, 0.15) is 12.2 Å². The summed E-state index contributed by atoms with van der Waals surface area (Å²) in [6.07, 6.45) is 0. The van der Waals surface area contributed by atoms with Crippen LogP contribution < -0.4 is 4.73 Å². The Morgan fingerprint density at radius 3 is 2.52 bits per heavy atom. The number of hydrogen-bond acceptors (Lipinski definition) is 5. The maximum atomic E-state index is 12.6. The van der Waals surface area contributed by atoms with Gasteiger partial charge in [0.25, 0.3) is 5.69 Å². The van der Waals surface area contributed by atoms with Crippen LogP contribution in [0, 0.1) is 12.1 Å². The number of aliphatic hydroxyl groups is 1. The Hall–Kier alpha value is -2.12. The van der Waals surface area contributed by atoms with Gasteiger partial charge in [-0.2, -0.15) is 4.73 Å². The first-order chi connectivity index (χ1) is 11.6. The Morgan fingerprint density at radius 2 is 1.96 bits per heavy atom. The fraction of sp³-hybridized carbons (Fsp3) is 0.333. The number of benzene rings is 1. The van der Waals surface area contributed by atoms with Crippen molar-refractivity contribution in [2.24, 2.45) is 5.16 Å². The van der Waals surface area contributed by atoms with Crippen LogP contribution in [0.4, 0.5) is 0 Å². The van der Waals surface area contributed by atoms with Crippen LogP contribution in [0.25, 0.3) is 0 Å². The van der Waals surface area contributed by atoms with E-state index in [2.05, 4.69) is 21.1 Å². The van der Waals surface area contributed by atoms with E-state index in [0.717, 1.165) is 10.0 Å². The number of rotatable bonds is 4. The molecule has 0 saturated heterocycles. The topological polar surface area (TPSA) is 89.0 Å². The van der Waals surface area contributed by atoms with E-state index in [4.69, 9.17) is 4.84 Å². The van der Waals surface area contributed by atoms with Crippen LogP contribution >= 0.6 is 15.9 Å². The third kappa shape index (κ3) is 4.49. The second-order valence-corrected chi connectivity index (χ2v) is 7.47. The van der Waals surface area contributed by atoms with Gasteiger partial charge in [-0.25, -0.2) is 0 Å². The predicted octanol–water partition coefficient (Wildman–Crippen LogP) is 3.16. The molecule has 6 nitrogen and oxygen atoms in total. The number of oxime groups is 1. The first-order valence-electron chi connectivity index (χ1n) is 7.72. The molecule has 0 unspecified atom stereocenters. The van der Waals surface area contributed by atoms with Crippen LogP contribution in [-0.2, 0) is 11.4 Å². The molecule has 2 N–H and O–H groups in total. The summed E-state index contributed by atoms with van der Waals surface area (Å²) >= 11 is 3.46. The average molecular weight is 409 g/mol. The highest BCUT2D eigenvalue weighted by molar-refractivity contribution is 9.10. The lowest BCUT2D eigenvalue weighted by Gasteiger charge is -2.18. The number of aromatic nitrogens is 1. The minimum absolute atomic E-state index is 0.0773. The van der Waals surface area contributed by atoms with Crippen molar-refractivity contribution in [2.75, 3.05) is 0 Å². The van der Waals surface area contributed by atoms with Crippen molar-refractivity contribution >= 4 is 21.6 Å². The van der Waals surface area contributed by atoms with Gasteiger partial charge in [0, 0.05) is 16.1 Å². The molecular formula is C18H21BrN2O4. The zero-order chi connectivity index (χ0) is 18.8. The third-order valence-corrected chi connectivity index (χ3v) is 4.24. The Bertz CT molecular complexity index is 813. The fourth-order valence-electron chi connectivity index (χ4n) is 2.06. The van der Waals surface area contributed by atoms with Crippen LogP contribution in [0.3, 0.4) is 0 Å². The molecule has 0 atom stereocenters. The molecule has 2 rings (SSSR count). The van der Waals surface area contributed by atoms with Crippen LogP contribution in [0.15, 0.2) is 40.0 Å². The summed E-state index contributed by atoms with van der Waals surface area (Å²) in [5, 5.41) is 36.3. The number of hydrogen-bond donors (Lipinski definition) is 2. The maximum Gasteiger partial charge on any atom is 0.288 e. The molecule has 0 bridgehead atoms. The molecule has 0 fully saturated rings. The van der Waals surface area contributed by atoms with Crippen LogP contribution in [0.5, 0.6) is 5.75 Å². The first-order valence-corrected chi connectivity index (χ1v) is 8.51. The average Bonchev–Trinajstić information content (AvgIpc) is 2.52. The van der Waals surface area contributed by atoms with E-state index in [0.29, 0.717) is 10.3 Å². The molecule has 7 heteroatoms. The minimum Gasteiger partial charge on any atom is -0.618 e. The van der Waals surface area contributed by atoms with Gasteiger partial charge < -0.3 is 20.3 Å². The summed E-state index contributed by atoms with van der Waals surface area (Å²) in [6, 6.07) is 8.17. The number of aryl methyl sites for hydroxylation is 1. The number of halogens is 1. The minimum atomic E-state index is -0.578. The molecule has 2 aromatic rings. The Morgan fingerprint density at radius 1 is 1.28 bits per heavy atom. The Kier molecular flexibility index (Phi) is 5.69. The number of pyridine rings is 1. The molecule has 0 spiro atoms. The standard InChI is InChI=1S/C18H21BrN2O4/c1-11-5-6-12(9-14(11)19)16(20-25-18(2,3)4)17-15(23)8-7-13(10-22)21(17)24/h5-9,22-23H,10H2,1-4H3/b20-16-. The van der Waals surface area contributed by atoms with Crippen molar-refractivity contribution in [3.8, 4) is 5.75 Å². The van der Waals surface area contributed by atoms with E-state index in [1.807, 2.05) is 33.8 Å². The molecule has 1 aromatic heterocycles. The molecule has 0 radical (unpaired) electrons. The van der Waals surface area contributed by atoms with E-state index in [9.17, 15) is 15.4 Å². The van der Waals surface area contributed by atoms with Crippen molar-refractivity contribution in [1.29, 1.82) is 0 Å². The molecule has 0 saturated carbocycles. The van der Waals surface area contributed by atoms with E-state index < -0.39 is 12.2 Å². The molecule has 0 aliphatic carbocycles. The first kappa shape index (κ1) is 19.2. The van der Waals surface area contributed by atoms with Crippen LogP contribution in [0.2, 0.25) is 0 Å². The van der Waals surface area contributed by atoms with Crippen molar-refractivity contribution in [1.82, 2.24) is 0 Å². The van der Waals surface area contributed by atoms with Gasteiger partial charge in [-0.1, -0.05) is 33.2 Å². The monoisotopic (exact) mass is 408 g/mol. The van der Waals surface area contributed by atoms with Crippen molar-refractivity contribution in [3.05, 3.63) is 62.5 Å². The van der Waals surface area contributed by atoms with E-state index >= 15 is 0 Å². The zero-order valence-electron chi connectivity index (χ0n) is 14.6. The number of nitrogens with zero attached hydrogens (tertiary/aromatic N) is 2. The lowest BCUT2D eigenvalue weighted by molar-refractivity contribution is -0.618.